The van der Waals surface area contributed by atoms with Crippen LogP contribution in [0.25, 0.3) is 0 Å². The topological polar surface area (TPSA) is 49.7 Å². The zero-order chi connectivity index (χ0) is 14.1. The van der Waals surface area contributed by atoms with Crippen LogP contribution >= 0.6 is 11.6 Å². The van der Waals surface area contributed by atoms with E-state index in [0.717, 1.165) is 10.5 Å². The Morgan fingerprint density at radius 2 is 2.10 bits per heavy atom. The second kappa shape index (κ2) is 5.06. The van der Waals surface area contributed by atoms with Gasteiger partial charge in [-0.15, -0.1) is 0 Å². The van der Waals surface area contributed by atoms with Gasteiger partial charge in [0.25, 0.3) is 0 Å². The SMILES string of the molecule is O=C1N=C2C=CC=CC2C(=O)N1Cc1cccc(Cl)c1. The van der Waals surface area contributed by atoms with Gasteiger partial charge in [-0.3, -0.25) is 9.69 Å². The van der Waals surface area contributed by atoms with E-state index in [-0.39, 0.29) is 12.5 Å². The molecule has 0 saturated heterocycles. The van der Waals surface area contributed by atoms with E-state index in [0.29, 0.717) is 10.7 Å². The van der Waals surface area contributed by atoms with Crippen LogP contribution in [0.2, 0.25) is 5.02 Å². The largest absolute Gasteiger partial charge is 0.350 e. The third-order valence-electron chi connectivity index (χ3n) is 3.22. The quantitative estimate of drug-likeness (QED) is 0.839. The van der Waals surface area contributed by atoms with Crippen molar-refractivity contribution in [2.24, 2.45) is 10.9 Å². The second-order valence-corrected chi connectivity index (χ2v) is 5.03. The molecule has 1 heterocycles. The molecule has 1 unspecified atom stereocenters. The van der Waals surface area contributed by atoms with Crippen LogP contribution in [0.1, 0.15) is 5.56 Å². The molecule has 0 aromatic heterocycles. The van der Waals surface area contributed by atoms with Crippen molar-refractivity contribution >= 4 is 29.3 Å². The maximum atomic E-state index is 12.4. The fourth-order valence-electron chi connectivity index (χ4n) is 2.24. The Labute approximate surface area is 121 Å². The molecular formula is C15H11ClN2O2. The van der Waals surface area contributed by atoms with Gasteiger partial charge in [-0.25, -0.2) is 4.79 Å². The third-order valence-corrected chi connectivity index (χ3v) is 3.45. The lowest BCUT2D eigenvalue weighted by molar-refractivity contribution is -0.129. The Morgan fingerprint density at radius 3 is 2.90 bits per heavy atom. The summed E-state index contributed by atoms with van der Waals surface area (Å²) in [5.41, 5.74) is 1.30. The number of fused-ring (bicyclic) bond motifs is 1. The van der Waals surface area contributed by atoms with Crippen LogP contribution in [0.15, 0.2) is 53.6 Å². The highest BCUT2D eigenvalue weighted by Gasteiger charge is 2.35. The number of rotatable bonds is 2. The molecule has 1 aromatic carbocycles. The standard InChI is InChI=1S/C15H11ClN2O2/c16-11-5-3-4-10(8-11)9-18-14(19)12-6-1-2-7-13(12)17-15(18)20/h1-8,12H,9H2. The molecule has 1 aliphatic heterocycles. The summed E-state index contributed by atoms with van der Waals surface area (Å²) >= 11 is 5.91. The number of imide groups is 1. The second-order valence-electron chi connectivity index (χ2n) is 4.60. The van der Waals surface area contributed by atoms with Crippen LogP contribution < -0.4 is 0 Å². The number of nitrogens with zero attached hydrogens (tertiary/aromatic N) is 2. The van der Waals surface area contributed by atoms with Gasteiger partial charge < -0.3 is 0 Å². The molecule has 20 heavy (non-hydrogen) atoms. The molecule has 0 fully saturated rings. The summed E-state index contributed by atoms with van der Waals surface area (Å²) in [7, 11) is 0. The maximum Gasteiger partial charge on any atom is 0.350 e. The van der Waals surface area contributed by atoms with Crippen molar-refractivity contribution < 1.29 is 9.59 Å². The minimum atomic E-state index is -0.527. The summed E-state index contributed by atoms with van der Waals surface area (Å²) < 4.78 is 0. The number of urea groups is 1. The van der Waals surface area contributed by atoms with Crippen molar-refractivity contribution in [2.75, 3.05) is 0 Å². The van der Waals surface area contributed by atoms with Crippen molar-refractivity contribution in [3.63, 3.8) is 0 Å². The molecule has 0 bridgehead atoms. The van der Waals surface area contributed by atoms with E-state index in [1.54, 1.807) is 42.5 Å². The molecule has 4 nitrogen and oxygen atoms in total. The average Bonchev–Trinajstić information content (AvgIpc) is 2.43. The molecule has 2 aliphatic rings. The number of aliphatic imine (C=N–C) groups is 1. The van der Waals surface area contributed by atoms with E-state index >= 15 is 0 Å². The van der Waals surface area contributed by atoms with Gasteiger partial charge >= 0.3 is 6.03 Å². The van der Waals surface area contributed by atoms with Gasteiger partial charge in [0.1, 0.15) is 0 Å². The van der Waals surface area contributed by atoms with Crippen LogP contribution in [-0.2, 0) is 11.3 Å². The summed E-state index contributed by atoms with van der Waals surface area (Å²) in [6, 6.07) is 6.56. The molecule has 1 atom stereocenters. The fraction of sp³-hybridized carbons (Fsp3) is 0.133. The molecule has 0 radical (unpaired) electrons. The number of hydrogen-bond donors (Lipinski definition) is 0. The maximum absolute atomic E-state index is 12.4. The summed E-state index contributed by atoms with van der Waals surface area (Å²) in [6.07, 6.45) is 6.99. The molecule has 3 amide bonds. The lowest BCUT2D eigenvalue weighted by atomic mass is 9.95. The van der Waals surface area contributed by atoms with E-state index in [2.05, 4.69) is 4.99 Å². The van der Waals surface area contributed by atoms with E-state index in [1.165, 1.54) is 0 Å². The average molecular weight is 287 g/mol. The fourth-order valence-corrected chi connectivity index (χ4v) is 2.46. The van der Waals surface area contributed by atoms with Crippen molar-refractivity contribution in [3.8, 4) is 0 Å². The van der Waals surface area contributed by atoms with Gasteiger partial charge in [-0.1, -0.05) is 42.0 Å². The first-order chi connectivity index (χ1) is 9.65. The van der Waals surface area contributed by atoms with Crippen molar-refractivity contribution in [3.05, 3.63) is 59.2 Å². The molecule has 3 rings (SSSR count). The number of amides is 3. The summed E-state index contributed by atoms with van der Waals surface area (Å²) in [5, 5.41) is 0.573. The van der Waals surface area contributed by atoms with Gasteiger partial charge in [0.2, 0.25) is 5.91 Å². The smallest absolute Gasteiger partial charge is 0.273 e. The minimum Gasteiger partial charge on any atom is -0.273 e. The van der Waals surface area contributed by atoms with Gasteiger partial charge in [-0.2, -0.15) is 4.99 Å². The first-order valence-electron chi connectivity index (χ1n) is 6.18. The molecule has 0 spiro atoms. The highest BCUT2D eigenvalue weighted by Crippen LogP contribution is 2.22. The van der Waals surface area contributed by atoms with Crippen molar-refractivity contribution in [1.29, 1.82) is 0 Å². The Kier molecular flexibility index (Phi) is 3.24. The number of benzene rings is 1. The zero-order valence-electron chi connectivity index (χ0n) is 10.5. The zero-order valence-corrected chi connectivity index (χ0v) is 11.2. The first kappa shape index (κ1) is 12.8. The van der Waals surface area contributed by atoms with Crippen LogP contribution in [0, 0.1) is 5.92 Å². The normalized spacial score (nSPS) is 20.9. The highest BCUT2D eigenvalue weighted by atomic mass is 35.5. The number of carbonyl (C=O) groups is 2. The molecule has 1 aromatic rings. The van der Waals surface area contributed by atoms with Gasteiger partial charge in [0.15, 0.2) is 0 Å². The van der Waals surface area contributed by atoms with Crippen LogP contribution in [0.4, 0.5) is 4.79 Å². The van der Waals surface area contributed by atoms with Crippen molar-refractivity contribution in [2.45, 2.75) is 6.54 Å². The van der Waals surface area contributed by atoms with Crippen LogP contribution in [0.5, 0.6) is 0 Å². The molecule has 100 valence electrons. The summed E-state index contributed by atoms with van der Waals surface area (Å²) in [5.74, 6) is -0.711. The van der Waals surface area contributed by atoms with E-state index in [4.69, 9.17) is 11.6 Å². The first-order valence-corrected chi connectivity index (χ1v) is 6.56. The molecule has 5 heteroatoms. The minimum absolute atomic E-state index is 0.184. The van der Waals surface area contributed by atoms with Gasteiger partial charge in [0.05, 0.1) is 18.2 Å². The van der Waals surface area contributed by atoms with E-state index in [1.807, 2.05) is 6.07 Å². The molecule has 0 saturated carbocycles. The third kappa shape index (κ3) is 2.30. The highest BCUT2D eigenvalue weighted by molar-refractivity contribution is 6.30. The van der Waals surface area contributed by atoms with Gasteiger partial charge in [-0.05, 0) is 23.8 Å². The molecule has 0 N–H and O–H groups in total. The van der Waals surface area contributed by atoms with Crippen molar-refractivity contribution in [1.82, 2.24) is 4.90 Å². The number of halogens is 1. The van der Waals surface area contributed by atoms with Crippen LogP contribution in [0.3, 0.4) is 0 Å². The molecular weight excluding hydrogens is 276 g/mol. The number of carbonyl (C=O) groups excluding carboxylic acids is 2. The Hall–Kier alpha value is -2.20. The lowest BCUT2D eigenvalue weighted by Crippen LogP contribution is -2.45. The van der Waals surface area contributed by atoms with E-state index < -0.39 is 11.9 Å². The van der Waals surface area contributed by atoms with Gasteiger partial charge in [0, 0.05) is 5.02 Å². The van der Waals surface area contributed by atoms with E-state index in [9.17, 15) is 9.59 Å². The monoisotopic (exact) mass is 286 g/mol. The lowest BCUT2D eigenvalue weighted by Gasteiger charge is -2.28. The van der Waals surface area contributed by atoms with Crippen LogP contribution in [-0.4, -0.2) is 22.5 Å². The number of hydrogen-bond acceptors (Lipinski definition) is 2. The number of allylic oxidation sites excluding steroid dienone is 3. The Balaban J connectivity index is 1.89. The Bertz CT molecular complexity index is 676. The predicted molar refractivity (Wildman–Crippen MR) is 76.6 cm³/mol. The summed E-state index contributed by atoms with van der Waals surface area (Å²) in [6.45, 7) is 0.184. The molecule has 1 aliphatic carbocycles. The predicted octanol–water partition coefficient (Wildman–Crippen LogP) is 2.99. The Morgan fingerprint density at radius 1 is 1.25 bits per heavy atom. The summed E-state index contributed by atoms with van der Waals surface area (Å²) in [4.78, 5) is 29.5.